The Balaban J connectivity index is 1.68. The number of halogens is 1. The minimum Gasteiger partial charge on any atom is -0.497 e. The first-order valence-electron chi connectivity index (χ1n) is 15.1. The van der Waals surface area contributed by atoms with Crippen LogP contribution < -0.4 is 16.0 Å². The largest absolute Gasteiger partial charge is 0.497 e. The Bertz CT molecular complexity index is 1620. The monoisotopic (exact) mass is 632 g/mol. The molecule has 5 rings (SSSR count). The summed E-state index contributed by atoms with van der Waals surface area (Å²) in [6.45, 7) is 10.6. The lowest BCUT2D eigenvalue weighted by atomic mass is 9.79. The van der Waals surface area contributed by atoms with Gasteiger partial charge in [-0.25, -0.2) is 13.8 Å². The zero-order chi connectivity index (χ0) is 32.4. The first-order chi connectivity index (χ1) is 21.4. The van der Waals surface area contributed by atoms with Crippen LogP contribution in [0.2, 0.25) is 18.1 Å². The van der Waals surface area contributed by atoms with Crippen LogP contribution in [0.15, 0.2) is 107 Å². The maximum atomic E-state index is 17.0. The standard InChI is InChI=1S/C35H41FN2O6Si/c1-34(2,3)45(5,6)42-23-28-31(30(36)32(43-28)38-29(39)21-22-37-33(38)40)44-35(24-13-9-7-10-14-24,25-15-11-8-12-16-25)26-17-19-27(41-4)20-18-26/h7-22,28,30-32H,23H2,1-6H3,(H,37,40)/t28-,30+,31-,32-/m1/s1. The topological polar surface area (TPSA) is 91.8 Å². The number of rotatable bonds is 10. The highest BCUT2D eigenvalue weighted by atomic mass is 28.4. The van der Waals surface area contributed by atoms with Crippen molar-refractivity contribution < 1.29 is 23.0 Å². The summed E-state index contributed by atoms with van der Waals surface area (Å²) >= 11 is 0. The summed E-state index contributed by atoms with van der Waals surface area (Å²) in [7, 11) is -0.722. The maximum absolute atomic E-state index is 17.0. The van der Waals surface area contributed by atoms with Gasteiger partial charge in [-0.1, -0.05) is 93.6 Å². The minimum absolute atomic E-state index is 0.0137. The summed E-state index contributed by atoms with van der Waals surface area (Å²) in [6.07, 6.45) is -4.39. The number of nitrogens with zero attached hydrogens (tertiary/aromatic N) is 1. The Morgan fingerprint density at radius 3 is 1.93 bits per heavy atom. The number of hydrogen-bond acceptors (Lipinski definition) is 6. The predicted octanol–water partition coefficient (Wildman–Crippen LogP) is 6.18. The number of H-pyrrole nitrogens is 1. The van der Waals surface area contributed by atoms with Gasteiger partial charge in [0.15, 0.2) is 20.7 Å². The highest BCUT2D eigenvalue weighted by Gasteiger charge is 2.53. The third-order valence-electron chi connectivity index (χ3n) is 9.00. The van der Waals surface area contributed by atoms with Crippen LogP contribution >= 0.6 is 0 Å². The average molecular weight is 633 g/mol. The highest BCUT2D eigenvalue weighted by molar-refractivity contribution is 6.74. The van der Waals surface area contributed by atoms with Gasteiger partial charge in [-0.3, -0.25) is 4.79 Å². The zero-order valence-electron chi connectivity index (χ0n) is 26.5. The van der Waals surface area contributed by atoms with E-state index < -0.39 is 49.8 Å². The van der Waals surface area contributed by atoms with Crippen LogP contribution in [-0.2, 0) is 19.5 Å². The molecule has 8 nitrogen and oxygen atoms in total. The lowest BCUT2D eigenvalue weighted by molar-refractivity contribution is -0.103. The summed E-state index contributed by atoms with van der Waals surface area (Å²) in [4.78, 5) is 28.2. The number of hydrogen-bond donors (Lipinski definition) is 1. The summed E-state index contributed by atoms with van der Waals surface area (Å²) in [5.74, 6) is 0.657. The quantitative estimate of drug-likeness (QED) is 0.166. The second-order valence-corrected chi connectivity index (χ2v) is 17.6. The van der Waals surface area contributed by atoms with Gasteiger partial charge in [0, 0.05) is 12.3 Å². The van der Waals surface area contributed by atoms with Crippen molar-refractivity contribution in [3.8, 4) is 5.75 Å². The average Bonchev–Trinajstić information content (AvgIpc) is 3.33. The summed E-state index contributed by atoms with van der Waals surface area (Å²) in [5.41, 5.74) is -0.511. The molecule has 4 aromatic rings. The molecule has 1 aliphatic rings. The molecule has 1 aromatic heterocycles. The molecule has 0 saturated carbocycles. The smallest absolute Gasteiger partial charge is 0.330 e. The fourth-order valence-electron chi connectivity index (χ4n) is 5.44. The van der Waals surface area contributed by atoms with E-state index in [-0.39, 0.29) is 11.6 Å². The Morgan fingerprint density at radius 2 is 1.42 bits per heavy atom. The molecule has 0 unspecified atom stereocenters. The van der Waals surface area contributed by atoms with Gasteiger partial charge in [-0.2, -0.15) is 0 Å². The molecule has 3 aromatic carbocycles. The molecular formula is C35H41FN2O6Si. The van der Waals surface area contributed by atoms with E-state index in [0.717, 1.165) is 21.3 Å². The summed E-state index contributed by atoms with van der Waals surface area (Å²) in [6, 6.07) is 27.8. The number of alkyl halides is 1. The Morgan fingerprint density at radius 1 is 0.867 bits per heavy atom. The fraction of sp³-hybridized carbons (Fsp3) is 0.371. The summed E-state index contributed by atoms with van der Waals surface area (Å²) < 4.78 is 43.1. The molecular weight excluding hydrogens is 591 g/mol. The maximum Gasteiger partial charge on any atom is 0.330 e. The third kappa shape index (κ3) is 6.33. The molecule has 0 spiro atoms. The van der Waals surface area contributed by atoms with Crippen molar-refractivity contribution in [2.24, 2.45) is 0 Å². The molecule has 1 saturated heterocycles. The molecule has 238 valence electrons. The van der Waals surface area contributed by atoms with Crippen molar-refractivity contribution in [3.05, 3.63) is 135 Å². The van der Waals surface area contributed by atoms with E-state index in [4.69, 9.17) is 18.6 Å². The van der Waals surface area contributed by atoms with Crippen molar-refractivity contribution in [2.45, 2.75) is 69.1 Å². The predicted molar refractivity (Wildman–Crippen MR) is 174 cm³/mol. The van der Waals surface area contributed by atoms with Gasteiger partial charge in [0.05, 0.1) is 13.7 Å². The lowest BCUT2D eigenvalue weighted by Crippen LogP contribution is -2.47. The molecule has 45 heavy (non-hydrogen) atoms. The number of nitrogens with one attached hydrogen (secondary N) is 1. The van der Waals surface area contributed by atoms with Crippen LogP contribution in [0.4, 0.5) is 4.39 Å². The molecule has 0 amide bonds. The molecule has 1 aliphatic heterocycles. The van der Waals surface area contributed by atoms with E-state index in [0.29, 0.717) is 5.75 Å². The molecule has 1 N–H and O–H groups in total. The van der Waals surface area contributed by atoms with Crippen LogP contribution in [0.1, 0.15) is 43.7 Å². The van der Waals surface area contributed by atoms with Crippen LogP contribution in [0.3, 0.4) is 0 Å². The Hall–Kier alpha value is -3.83. The van der Waals surface area contributed by atoms with E-state index in [9.17, 15) is 9.59 Å². The van der Waals surface area contributed by atoms with Crippen molar-refractivity contribution in [2.75, 3.05) is 13.7 Å². The van der Waals surface area contributed by atoms with Crippen molar-refractivity contribution in [3.63, 3.8) is 0 Å². The van der Waals surface area contributed by atoms with Gasteiger partial charge < -0.3 is 23.6 Å². The number of aromatic nitrogens is 2. The SMILES string of the molecule is COc1ccc(C(O[C@H]2[C@H](F)[C@H](n3c(=O)cc[nH]c3=O)O[C@@H]2CO[Si](C)(C)C(C)(C)C)(c2ccccc2)c2ccccc2)cc1. The molecule has 0 bridgehead atoms. The summed E-state index contributed by atoms with van der Waals surface area (Å²) in [5, 5.41) is -0.120. The van der Waals surface area contributed by atoms with Crippen molar-refractivity contribution >= 4 is 8.32 Å². The molecule has 4 atom stereocenters. The molecule has 1 fully saturated rings. The first-order valence-corrected chi connectivity index (χ1v) is 18.0. The van der Waals surface area contributed by atoms with E-state index in [2.05, 4.69) is 38.8 Å². The van der Waals surface area contributed by atoms with E-state index in [1.54, 1.807) is 7.11 Å². The normalized spacial score (nSPS) is 20.7. The third-order valence-corrected chi connectivity index (χ3v) is 13.5. The number of methoxy groups -OCH3 is 1. The zero-order valence-corrected chi connectivity index (χ0v) is 27.5. The minimum atomic E-state index is -2.32. The van der Waals surface area contributed by atoms with Crippen molar-refractivity contribution in [1.82, 2.24) is 9.55 Å². The number of benzene rings is 3. The number of aromatic amines is 1. The molecule has 0 aliphatic carbocycles. The lowest BCUT2D eigenvalue weighted by Gasteiger charge is -2.40. The van der Waals surface area contributed by atoms with Crippen LogP contribution in [-0.4, -0.2) is 50.0 Å². The Labute approximate surface area is 263 Å². The first kappa shape index (κ1) is 32.6. The molecule has 10 heteroatoms. The van der Waals surface area contributed by atoms with Gasteiger partial charge in [-0.15, -0.1) is 0 Å². The van der Waals surface area contributed by atoms with Gasteiger partial charge in [0.2, 0.25) is 0 Å². The van der Waals surface area contributed by atoms with Gasteiger partial charge in [-0.05, 0) is 47.0 Å². The van der Waals surface area contributed by atoms with E-state index in [1.807, 2.05) is 84.9 Å². The molecule has 0 radical (unpaired) electrons. The van der Waals surface area contributed by atoms with Gasteiger partial charge in [0.1, 0.15) is 23.6 Å². The van der Waals surface area contributed by atoms with Crippen LogP contribution in [0, 0.1) is 0 Å². The van der Waals surface area contributed by atoms with Crippen LogP contribution in [0.5, 0.6) is 5.75 Å². The van der Waals surface area contributed by atoms with E-state index in [1.165, 1.54) is 12.3 Å². The second-order valence-electron chi connectivity index (χ2n) is 12.8. The fourth-order valence-corrected chi connectivity index (χ4v) is 6.45. The van der Waals surface area contributed by atoms with Crippen LogP contribution in [0.25, 0.3) is 0 Å². The highest BCUT2D eigenvalue weighted by Crippen LogP contribution is 2.46. The number of ether oxygens (including phenoxy) is 3. The van der Waals surface area contributed by atoms with Gasteiger partial charge in [0.25, 0.3) is 5.56 Å². The van der Waals surface area contributed by atoms with E-state index >= 15 is 4.39 Å². The second kappa shape index (κ2) is 12.9. The van der Waals surface area contributed by atoms with Gasteiger partial charge >= 0.3 is 5.69 Å². The molecule has 2 heterocycles. The van der Waals surface area contributed by atoms with Crippen molar-refractivity contribution in [1.29, 1.82) is 0 Å². The Kier molecular flexibility index (Phi) is 9.32.